The number of nitrogens with zero attached hydrogens (tertiary/aromatic N) is 2. The molecule has 1 aliphatic rings. The number of rotatable bonds is 13. The molecule has 0 fully saturated rings. The SMILES string of the molecule is COc1cc2c(c(OC)c1OC)CC[C@H](NC(=O)c1ccc(COC(=O)CCCO[N+](=O)[O-])nc1)c1cc(=O)c(SC)ccc1-2. The highest BCUT2D eigenvalue weighted by molar-refractivity contribution is 7.98. The number of esters is 1. The number of thioether (sulfide) groups is 1. The Bertz CT molecular complexity index is 1630. The number of carbonyl (C=O) groups excluding carboxylic acids is 2. The van der Waals surface area contributed by atoms with Gasteiger partial charge in [0.2, 0.25) is 5.75 Å². The van der Waals surface area contributed by atoms with E-state index in [0.717, 1.165) is 16.7 Å². The number of aromatic nitrogens is 1. The minimum Gasteiger partial charge on any atom is -0.493 e. The summed E-state index contributed by atoms with van der Waals surface area (Å²) in [7, 11) is 4.63. The van der Waals surface area contributed by atoms with Gasteiger partial charge in [0, 0.05) is 18.2 Å². The van der Waals surface area contributed by atoms with Crippen LogP contribution < -0.4 is 25.0 Å². The molecule has 1 aliphatic carbocycles. The van der Waals surface area contributed by atoms with Crippen LogP contribution in [-0.2, 0) is 27.4 Å². The quantitative estimate of drug-likeness (QED) is 0.0928. The largest absolute Gasteiger partial charge is 0.493 e. The lowest BCUT2D eigenvalue weighted by atomic mass is 9.96. The smallest absolute Gasteiger partial charge is 0.306 e. The minimum absolute atomic E-state index is 0.0478. The zero-order valence-electron chi connectivity index (χ0n) is 25.2. The Morgan fingerprint density at radius 2 is 1.84 bits per heavy atom. The molecular weight excluding hydrogens is 606 g/mol. The van der Waals surface area contributed by atoms with Gasteiger partial charge in [0.25, 0.3) is 11.0 Å². The fourth-order valence-electron chi connectivity index (χ4n) is 5.10. The number of carbonyl (C=O) groups is 2. The maximum atomic E-state index is 13.4. The highest BCUT2D eigenvalue weighted by atomic mass is 32.2. The van der Waals surface area contributed by atoms with Gasteiger partial charge < -0.3 is 29.1 Å². The van der Waals surface area contributed by atoms with E-state index in [1.807, 2.05) is 18.4 Å². The van der Waals surface area contributed by atoms with Crippen molar-refractivity contribution in [3.05, 3.63) is 85.3 Å². The molecule has 1 amide bonds. The van der Waals surface area contributed by atoms with Crippen LogP contribution in [0.25, 0.3) is 11.1 Å². The van der Waals surface area contributed by atoms with Crippen LogP contribution in [0.2, 0.25) is 0 Å². The summed E-state index contributed by atoms with van der Waals surface area (Å²) in [6.07, 6.45) is 4.27. The Morgan fingerprint density at radius 1 is 1.07 bits per heavy atom. The number of pyridine rings is 1. The molecule has 238 valence electrons. The molecule has 3 aromatic rings. The second kappa shape index (κ2) is 15.2. The van der Waals surface area contributed by atoms with Crippen LogP contribution in [0.1, 0.15) is 52.5 Å². The lowest BCUT2D eigenvalue weighted by Crippen LogP contribution is -2.29. The van der Waals surface area contributed by atoms with E-state index in [4.69, 9.17) is 18.9 Å². The summed E-state index contributed by atoms with van der Waals surface area (Å²) in [6, 6.07) is 9.69. The second-order valence-electron chi connectivity index (χ2n) is 9.87. The van der Waals surface area contributed by atoms with Crippen molar-refractivity contribution >= 4 is 23.6 Å². The molecule has 0 radical (unpaired) electrons. The zero-order valence-corrected chi connectivity index (χ0v) is 26.1. The molecule has 1 heterocycles. The molecule has 1 aromatic heterocycles. The molecule has 1 N–H and O–H groups in total. The first-order chi connectivity index (χ1) is 21.7. The van der Waals surface area contributed by atoms with Gasteiger partial charge in [-0.2, -0.15) is 0 Å². The van der Waals surface area contributed by atoms with Gasteiger partial charge in [-0.15, -0.1) is 21.9 Å². The van der Waals surface area contributed by atoms with Crippen molar-refractivity contribution < 1.29 is 38.5 Å². The van der Waals surface area contributed by atoms with Gasteiger partial charge in [-0.3, -0.25) is 19.4 Å². The molecule has 14 heteroatoms. The summed E-state index contributed by atoms with van der Waals surface area (Å²) < 4.78 is 22.1. The first-order valence-corrected chi connectivity index (χ1v) is 15.2. The highest BCUT2D eigenvalue weighted by Gasteiger charge is 2.29. The Balaban J connectivity index is 1.57. The monoisotopic (exact) mass is 639 g/mol. The van der Waals surface area contributed by atoms with Crippen LogP contribution in [0.4, 0.5) is 0 Å². The topological polar surface area (TPSA) is 165 Å². The van der Waals surface area contributed by atoms with Crippen LogP contribution in [0.15, 0.2) is 52.3 Å². The van der Waals surface area contributed by atoms with Crippen LogP contribution in [0.3, 0.4) is 0 Å². The van der Waals surface area contributed by atoms with Crippen molar-refractivity contribution in [3.8, 4) is 28.4 Å². The lowest BCUT2D eigenvalue weighted by molar-refractivity contribution is -0.757. The third kappa shape index (κ3) is 7.81. The number of fused-ring (bicyclic) bond motifs is 3. The summed E-state index contributed by atoms with van der Waals surface area (Å²) in [6.45, 7) is -0.328. The fourth-order valence-corrected chi connectivity index (χ4v) is 5.56. The number of methoxy groups -OCH3 is 3. The molecular formula is C31H33N3O10S. The summed E-state index contributed by atoms with van der Waals surface area (Å²) in [5.74, 6) is 0.499. The van der Waals surface area contributed by atoms with Gasteiger partial charge >= 0.3 is 5.97 Å². The molecule has 0 spiro atoms. The molecule has 0 bridgehead atoms. The zero-order chi connectivity index (χ0) is 32.5. The van der Waals surface area contributed by atoms with Crippen molar-refractivity contribution in [3.63, 3.8) is 0 Å². The Kier molecular flexibility index (Phi) is 11.2. The fraction of sp³-hybridized carbons (Fsp3) is 0.355. The van der Waals surface area contributed by atoms with Crippen molar-refractivity contribution in [2.24, 2.45) is 0 Å². The summed E-state index contributed by atoms with van der Waals surface area (Å²) in [5, 5.41) is 12.3. The van der Waals surface area contributed by atoms with Crippen molar-refractivity contribution in [2.75, 3.05) is 34.2 Å². The molecule has 0 saturated heterocycles. The van der Waals surface area contributed by atoms with Gasteiger partial charge in [-0.25, -0.2) is 0 Å². The van der Waals surface area contributed by atoms with E-state index in [-0.39, 0.29) is 37.0 Å². The maximum Gasteiger partial charge on any atom is 0.306 e. The summed E-state index contributed by atoms with van der Waals surface area (Å²) in [5.41, 5.74) is 3.61. The number of hydrogen-bond donors (Lipinski definition) is 1. The van der Waals surface area contributed by atoms with E-state index in [2.05, 4.69) is 15.1 Å². The third-order valence-electron chi connectivity index (χ3n) is 7.24. The van der Waals surface area contributed by atoms with Gasteiger partial charge in [0.15, 0.2) is 16.9 Å². The van der Waals surface area contributed by atoms with Crippen LogP contribution >= 0.6 is 11.8 Å². The van der Waals surface area contributed by atoms with Gasteiger partial charge in [-0.1, -0.05) is 6.07 Å². The minimum atomic E-state index is -0.922. The predicted molar refractivity (Wildman–Crippen MR) is 164 cm³/mol. The molecule has 0 aliphatic heterocycles. The first kappa shape index (κ1) is 33.1. The number of benzene rings is 1. The van der Waals surface area contributed by atoms with E-state index in [1.165, 1.54) is 32.2 Å². The highest BCUT2D eigenvalue weighted by Crippen LogP contribution is 2.49. The summed E-state index contributed by atoms with van der Waals surface area (Å²) in [4.78, 5) is 57.6. The first-order valence-electron chi connectivity index (χ1n) is 13.9. The normalized spacial score (nSPS) is 13.4. The average Bonchev–Trinajstić information content (AvgIpc) is 3.29. The van der Waals surface area contributed by atoms with E-state index in [0.29, 0.717) is 46.2 Å². The van der Waals surface area contributed by atoms with E-state index >= 15 is 0 Å². The van der Waals surface area contributed by atoms with Crippen LogP contribution in [0, 0.1) is 10.1 Å². The number of nitrogens with one attached hydrogen (secondary N) is 1. The van der Waals surface area contributed by atoms with E-state index in [1.54, 1.807) is 31.4 Å². The van der Waals surface area contributed by atoms with Crippen molar-refractivity contribution in [1.82, 2.24) is 10.3 Å². The Morgan fingerprint density at radius 3 is 2.49 bits per heavy atom. The van der Waals surface area contributed by atoms with Crippen molar-refractivity contribution in [1.29, 1.82) is 0 Å². The number of ether oxygens (including phenoxy) is 4. The lowest BCUT2D eigenvalue weighted by Gasteiger charge is -2.19. The molecule has 13 nitrogen and oxygen atoms in total. The molecule has 45 heavy (non-hydrogen) atoms. The molecule has 4 rings (SSSR count). The Hall–Kier alpha value is -4.85. The standard InChI is InChI=1S/C31H33N3O10S/c1-40-26-15-22-20-10-12-27(45-4)25(35)14-23(20)24(11-9-21(22)29(41-2)30(26)42-3)33-31(37)18-7-8-19(32-16-18)17-43-28(36)6-5-13-44-34(38)39/h7-8,10,12,14-16,24H,5-6,9,11,13,17H2,1-4H3,(H,33,37)/t24-/m0/s1. The van der Waals surface area contributed by atoms with Gasteiger partial charge in [0.1, 0.15) is 6.61 Å². The molecule has 2 aromatic carbocycles. The molecule has 0 saturated carbocycles. The molecule has 1 atom stereocenters. The van der Waals surface area contributed by atoms with E-state index in [9.17, 15) is 24.5 Å². The molecule has 0 unspecified atom stereocenters. The van der Waals surface area contributed by atoms with Gasteiger partial charge in [0.05, 0.1) is 50.1 Å². The van der Waals surface area contributed by atoms with Crippen LogP contribution in [0.5, 0.6) is 17.2 Å². The van der Waals surface area contributed by atoms with Gasteiger partial charge in [-0.05, 0) is 72.5 Å². The third-order valence-corrected chi connectivity index (χ3v) is 8.02. The van der Waals surface area contributed by atoms with E-state index < -0.39 is 23.0 Å². The summed E-state index contributed by atoms with van der Waals surface area (Å²) >= 11 is 1.34. The second-order valence-corrected chi connectivity index (χ2v) is 10.7. The average molecular weight is 640 g/mol. The predicted octanol–water partition coefficient (Wildman–Crippen LogP) is 4.31. The van der Waals surface area contributed by atoms with Crippen LogP contribution in [-0.4, -0.2) is 56.1 Å². The number of hydrogen-bond acceptors (Lipinski definition) is 12. The van der Waals surface area contributed by atoms with Crippen molar-refractivity contribution in [2.45, 2.75) is 43.2 Å². The maximum absolute atomic E-state index is 13.4. The Labute approximate surface area is 263 Å². The number of amides is 1.